The Bertz CT molecular complexity index is 379. The predicted octanol–water partition coefficient (Wildman–Crippen LogP) is 0.813. The van der Waals surface area contributed by atoms with Gasteiger partial charge in [0.2, 0.25) is 0 Å². The van der Waals surface area contributed by atoms with Gasteiger partial charge in [-0.3, -0.25) is 4.79 Å². The summed E-state index contributed by atoms with van der Waals surface area (Å²) in [6, 6.07) is -0.934. The Hall–Kier alpha value is -0.310. The SMILES string of the molecule is CCCN(CCC)S(=O)(=O)N1CSC[C@H]1C(=O)O. The number of hydrogen-bond donors (Lipinski definition) is 1. The van der Waals surface area contributed by atoms with Crippen molar-refractivity contribution < 1.29 is 18.3 Å². The van der Waals surface area contributed by atoms with E-state index in [0.717, 1.165) is 17.1 Å². The van der Waals surface area contributed by atoms with E-state index in [-0.39, 0.29) is 5.88 Å². The van der Waals surface area contributed by atoms with E-state index >= 15 is 0 Å². The van der Waals surface area contributed by atoms with E-state index < -0.39 is 22.2 Å². The van der Waals surface area contributed by atoms with Crippen LogP contribution in [0.3, 0.4) is 0 Å². The second-order valence-corrected chi connectivity index (χ2v) is 7.03. The van der Waals surface area contributed by atoms with Crippen LogP contribution in [0.1, 0.15) is 26.7 Å². The van der Waals surface area contributed by atoms with Crippen LogP contribution in [-0.4, -0.2) is 58.9 Å². The molecule has 1 heterocycles. The van der Waals surface area contributed by atoms with Crippen molar-refractivity contribution in [2.24, 2.45) is 0 Å². The van der Waals surface area contributed by atoms with Gasteiger partial charge in [-0.05, 0) is 12.8 Å². The first kappa shape index (κ1) is 15.7. The molecule has 0 spiro atoms. The Morgan fingerprint density at radius 1 is 1.39 bits per heavy atom. The van der Waals surface area contributed by atoms with Gasteiger partial charge in [0, 0.05) is 18.8 Å². The smallest absolute Gasteiger partial charge is 0.322 e. The fraction of sp³-hybridized carbons (Fsp3) is 0.900. The number of nitrogens with zero attached hydrogens (tertiary/aromatic N) is 2. The largest absolute Gasteiger partial charge is 0.480 e. The van der Waals surface area contributed by atoms with E-state index in [1.54, 1.807) is 0 Å². The molecule has 1 fully saturated rings. The molecule has 0 aromatic carbocycles. The van der Waals surface area contributed by atoms with Crippen molar-refractivity contribution in [3.63, 3.8) is 0 Å². The van der Waals surface area contributed by atoms with E-state index in [1.807, 2.05) is 13.8 Å². The third-order valence-electron chi connectivity index (χ3n) is 2.70. The molecule has 1 atom stereocenters. The Labute approximate surface area is 113 Å². The summed E-state index contributed by atoms with van der Waals surface area (Å²) in [6.45, 7) is 4.69. The lowest BCUT2D eigenvalue weighted by molar-refractivity contribution is -0.140. The molecular weight excluding hydrogens is 276 g/mol. The zero-order valence-corrected chi connectivity index (χ0v) is 12.3. The molecule has 1 aliphatic rings. The molecule has 1 saturated heterocycles. The van der Waals surface area contributed by atoms with Crippen LogP contribution in [0.5, 0.6) is 0 Å². The monoisotopic (exact) mass is 296 g/mol. The summed E-state index contributed by atoms with van der Waals surface area (Å²) in [5.41, 5.74) is 0. The molecule has 18 heavy (non-hydrogen) atoms. The Kier molecular flexibility index (Phi) is 5.90. The number of carbonyl (C=O) groups is 1. The molecule has 0 aromatic heterocycles. The third kappa shape index (κ3) is 3.37. The molecule has 0 aliphatic carbocycles. The summed E-state index contributed by atoms with van der Waals surface area (Å²) >= 11 is 1.34. The highest BCUT2D eigenvalue weighted by atomic mass is 32.2. The van der Waals surface area contributed by atoms with Gasteiger partial charge in [0.25, 0.3) is 10.2 Å². The first-order valence-corrected chi connectivity index (χ1v) is 8.57. The normalized spacial score (nSPS) is 21.6. The van der Waals surface area contributed by atoms with Crippen LogP contribution in [0.25, 0.3) is 0 Å². The average Bonchev–Trinajstić information content (AvgIpc) is 2.78. The lowest BCUT2D eigenvalue weighted by atomic mass is 10.4. The lowest BCUT2D eigenvalue weighted by Gasteiger charge is -2.28. The zero-order chi connectivity index (χ0) is 13.8. The number of thioether (sulfide) groups is 1. The fourth-order valence-electron chi connectivity index (χ4n) is 1.84. The summed E-state index contributed by atoms with van der Waals surface area (Å²) in [7, 11) is -3.65. The zero-order valence-electron chi connectivity index (χ0n) is 10.7. The fourth-order valence-corrected chi connectivity index (χ4v) is 5.31. The van der Waals surface area contributed by atoms with Crippen molar-refractivity contribution in [3.05, 3.63) is 0 Å². The molecule has 6 nitrogen and oxygen atoms in total. The molecule has 0 amide bonds. The van der Waals surface area contributed by atoms with E-state index in [2.05, 4.69) is 0 Å². The van der Waals surface area contributed by atoms with E-state index in [1.165, 1.54) is 16.1 Å². The number of carboxylic acid groups (broad SMARTS) is 1. The van der Waals surface area contributed by atoms with Crippen molar-refractivity contribution in [2.75, 3.05) is 24.7 Å². The second kappa shape index (κ2) is 6.74. The molecule has 1 N–H and O–H groups in total. The van der Waals surface area contributed by atoms with Gasteiger partial charge in [0.1, 0.15) is 6.04 Å². The second-order valence-electron chi connectivity index (χ2n) is 4.15. The maximum atomic E-state index is 12.4. The number of aliphatic carboxylic acids is 1. The Balaban J connectivity index is 2.92. The highest BCUT2D eigenvalue weighted by Crippen LogP contribution is 2.26. The van der Waals surface area contributed by atoms with Gasteiger partial charge >= 0.3 is 5.97 Å². The van der Waals surface area contributed by atoms with E-state index in [0.29, 0.717) is 18.8 Å². The number of hydrogen-bond acceptors (Lipinski definition) is 4. The van der Waals surface area contributed by atoms with Crippen LogP contribution in [0.15, 0.2) is 0 Å². The Morgan fingerprint density at radius 2 is 1.94 bits per heavy atom. The van der Waals surface area contributed by atoms with E-state index in [4.69, 9.17) is 5.11 Å². The third-order valence-corrected chi connectivity index (χ3v) is 5.87. The van der Waals surface area contributed by atoms with Crippen molar-refractivity contribution in [3.8, 4) is 0 Å². The highest BCUT2D eigenvalue weighted by Gasteiger charge is 2.41. The molecule has 106 valence electrons. The quantitative estimate of drug-likeness (QED) is 0.752. The predicted molar refractivity (Wildman–Crippen MR) is 71.7 cm³/mol. The van der Waals surface area contributed by atoms with Crippen LogP contribution < -0.4 is 0 Å². The molecular formula is C10H20N2O4S2. The first-order chi connectivity index (χ1) is 8.45. The molecule has 0 bridgehead atoms. The molecule has 0 radical (unpaired) electrons. The molecule has 8 heteroatoms. The Morgan fingerprint density at radius 3 is 2.39 bits per heavy atom. The van der Waals surface area contributed by atoms with Gasteiger partial charge < -0.3 is 5.11 Å². The summed E-state index contributed by atoms with van der Waals surface area (Å²) in [5, 5.41) is 9.05. The number of rotatable bonds is 7. The van der Waals surface area contributed by atoms with Crippen molar-refractivity contribution in [1.29, 1.82) is 0 Å². The van der Waals surface area contributed by atoms with Gasteiger partial charge in [-0.1, -0.05) is 13.8 Å². The molecule has 1 aliphatic heterocycles. The topological polar surface area (TPSA) is 77.9 Å². The maximum absolute atomic E-state index is 12.4. The summed E-state index contributed by atoms with van der Waals surface area (Å²) < 4.78 is 27.3. The van der Waals surface area contributed by atoms with Crippen LogP contribution in [0.2, 0.25) is 0 Å². The van der Waals surface area contributed by atoms with Crippen LogP contribution in [-0.2, 0) is 15.0 Å². The van der Waals surface area contributed by atoms with Gasteiger partial charge in [-0.25, -0.2) is 0 Å². The molecule has 0 aromatic rings. The molecule has 1 rings (SSSR count). The number of carboxylic acids is 1. The minimum atomic E-state index is -3.65. The summed E-state index contributed by atoms with van der Waals surface area (Å²) in [4.78, 5) is 11.1. The molecule has 0 unspecified atom stereocenters. The van der Waals surface area contributed by atoms with Crippen molar-refractivity contribution in [2.45, 2.75) is 32.7 Å². The van der Waals surface area contributed by atoms with Crippen molar-refractivity contribution in [1.82, 2.24) is 8.61 Å². The van der Waals surface area contributed by atoms with Gasteiger partial charge in [0.15, 0.2) is 0 Å². The summed E-state index contributed by atoms with van der Waals surface area (Å²) in [6.07, 6.45) is 1.44. The van der Waals surface area contributed by atoms with Crippen molar-refractivity contribution >= 4 is 27.9 Å². The maximum Gasteiger partial charge on any atom is 0.322 e. The molecule has 0 saturated carbocycles. The van der Waals surface area contributed by atoms with Crippen LogP contribution in [0, 0.1) is 0 Å². The van der Waals surface area contributed by atoms with Gasteiger partial charge in [-0.2, -0.15) is 17.0 Å². The minimum Gasteiger partial charge on any atom is -0.480 e. The van der Waals surface area contributed by atoms with Gasteiger partial charge in [0.05, 0.1) is 5.88 Å². The standard InChI is InChI=1S/C10H20N2O4S2/c1-3-5-11(6-4-2)18(15,16)12-8-17-7-9(12)10(13)14/h9H,3-8H2,1-2H3,(H,13,14)/t9-/m0/s1. The lowest BCUT2D eigenvalue weighted by Crippen LogP contribution is -2.49. The van der Waals surface area contributed by atoms with Crippen LogP contribution in [0.4, 0.5) is 0 Å². The van der Waals surface area contributed by atoms with Crippen LogP contribution >= 0.6 is 11.8 Å². The van der Waals surface area contributed by atoms with E-state index in [9.17, 15) is 13.2 Å². The minimum absolute atomic E-state index is 0.225. The summed E-state index contributed by atoms with van der Waals surface area (Å²) in [5.74, 6) is -0.527. The first-order valence-electron chi connectivity index (χ1n) is 6.02. The average molecular weight is 296 g/mol. The van der Waals surface area contributed by atoms with Gasteiger partial charge in [-0.15, -0.1) is 11.8 Å². The highest BCUT2D eigenvalue weighted by molar-refractivity contribution is 8.00.